The zero-order valence-corrected chi connectivity index (χ0v) is 10.5. The second-order valence-electron chi connectivity index (χ2n) is 4.29. The lowest BCUT2D eigenvalue weighted by atomic mass is 9.88. The lowest BCUT2D eigenvalue weighted by Gasteiger charge is -2.23. The molecule has 1 aromatic rings. The molecule has 1 saturated carbocycles. The smallest absolute Gasteiger partial charge is 0.211 e. The Kier molecular flexibility index (Phi) is 3.65. The van der Waals surface area contributed by atoms with E-state index < -0.39 is 5.54 Å². The molecule has 0 amide bonds. The van der Waals surface area contributed by atoms with Crippen LogP contribution in [0.1, 0.15) is 31.2 Å². The van der Waals surface area contributed by atoms with E-state index in [4.69, 9.17) is 0 Å². The highest BCUT2D eigenvalue weighted by Gasteiger charge is 2.37. The first-order chi connectivity index (χ1) is 8.22. The fraction of sp³-hybridized carbons (Fsp3) is 0.462. The summed E-state index contributed by atoms with van der Waals surface area (Å²) in [7, 11) is 0. The van der Waals surface area contributed by atoms with Gasteiger partial charge in [0.1, 0.15) is 11.4 Å². The van der Waals surface area contributed by atoms with Crippen molar-refractivity contribution in [2.75, 3.05) is 6.26 Å². The molecule has 90 valence electrons. The van der Waals surface area contributed by atoms with E-state index in [1.165, 1.54) is 6.07 Å². The molecule has 1 aliphatic carbocycles. The van der Waals surface area contributed by atoms with E-state index in [-0.39, 0.29) is 5.82 Å². The first-order valence-electron chi connectivity index (χ1n) is 5.65. The van der Waals surface area contributed by atoms with Gasteiger partial charge in [-0.15, -0.1) is 11.8 Å². The molecule has 0 radical (unpaired) electrons. The Morgan fingerprint density at radius 2 is 2.12 bits per heavy atom. The topological polar surface area (TPSA) is 29.4 Å². The van der Waals surface area contributed by atoms with Crippen molar-refractivity contribution in [2.24, 2.45) is 4.99 Å². The molecule has 0 aliphatic heterocycles. The van der Waals surface area contributed by atoms with Crippen LogP contribution in [-0.2, 0) is 10.3 Å². The van der Waals surface area contributed by atoms with Gasteiger partial charge in [-0.3, -0.25) is 0 Å². The minimum atomic E-state index is -0.669. The summed E-state index contributed by atoms with van der Waals surface area (Å²) < 4.78 is 13.9. The van der Waals surface area contributed by atoms with Crippen molar-refractivity contribution in [2.45, 2.75) is 36.1 Å². The van der Waals surface area contributed by atoms with Crippen LogP contribution in [0.3, 0.4) is 0 Å². The highest BCUT2D eigenvalue weighted by molar-refractivity contribution is 7.98. The third-order valence-electron chi connectivity index (χ3n) is 3.37. The molecule has 0 spiro atoms. The van der Waals surface area contributed by atoms with E-state index in [1.807, 2.05) is 12.3 Å². The summed E-state index contributed by atoms with van der Waals surface area (Å²) in [5.41, 5.74) is -0.123. The van der Waals surface area contributed by atoms with Gasteiger partial charge in [-0.25, -0.2) is 9.18 Å². The Hall–Kier alpha value is -1.12. The van der Waals surface area contributed by atoms with Crippen LogP contribution < -0.4 is 0 Å². The van der Waals surface area contributed by atoms with Gasteiger partial charge in [0, 0.05) is 10.5 Å². The molecule has 0 unspecified atom stereocenters. The fourth-order valence-electron chi connectivity index (χ4n) is 2.48. The van der Waals surface area contributed by atoms with Gasteiger partial charge in [0.15, 0.2) is 0 Å². The van der Waals surface area contributed by atoms with Crippen LogP contribution in [0.15, 0.2) is 28.1 Å². The number of thioether (sulfide) groups is 1. The number of rotatable bonds is 3. The van der Waals surface area contributed by atoms with Crippen LogP contribution in [0.25, 0.3) is 0 Å². The summed E-state index contributed by atoms with van der Waals surface area (Å²) in [6, 6.07) is 5.02. The fourth-order valence-corrected chi connectivity index (χ4v) is 2.92. The third-order valence-corrected chi connectivity index (χ3v) is 4.09. The van der Waals surface area contributed by atoms with Gasteiger partial charge in [-0.05, 0) is 37.3 Å². The normalized spacial score (nSPS) is 17.8. The Balaban J connectivity index is 2.52. The van der Waals surface area contributed by atoms with Crippen LogP contribution in [0, 0.1) is 5.82 Å². The molecule has 2 nitrogen and oxygen atoms in total. The number of carbonyl (C=O) groups excluding carboxylic acids is 1. The van der Waals surface area contributed by atoms with Gasteiger partial charge < -0.3 is 0 Å². The van der Waals surface area contributed by atoms with Crippen molar-refractivity contribution < 1.29 is 9.18 Å². The average Bonchev–Trinajstić information content (AvgIpc) is 2.80. The molecular weight excluding hydrogens is 237 g/mol. The summed E-state index contributed by atoms with van der Waals surface area (Å²) in [6.45, 7) is 0. The first kappa shape index (κ1) is 12.3. The molecule has 1 aliphatic rings. The maximum atomic E-state index is 13.9. The third kappa shape index (κ3) is 2.28. The van der Waals surface area contributed by atoms with Gasteiger partial charge in [-0.1, -0.05) is 12.8 Å². The predicted molar refractivity (Wildman–Crippen MR) is 66.4 cm³/mol. The number of hydrogen-bond acceptors (Lipinski definition) is 3. The van der Waals surface area contributed by atoms with Gasteiger partial charge in [0.25, 0.3) is 0 Å². The molecule has 2 rings (SSSR count). The highest BCUT2D eigenvalue weighted by Crippen LogP contribution is 2.43. The largest absolute Gasteiger partial charge is 0.235 e. The van der Waals surface area contributed by atoms with Crippen molar-refractivity contribution in [1.29, 1.82) is 0 Å². The van der Waals surface area contributed by atoms with Crippen LogP contribution in [0.5, 0.6) is 0 Å². The second-order valence-corrected chi connectivity index (χ2v) is 5.17. The van der Waals surface area contributed by atoms with Gasteiger partial charge in [0.05, 0.1) is 0 Å². The lowest BCUT2D eigenvalue weighted by Crippen LogP contribution is -2.20. The molecule has 17 heavy (non-hydrogen) atoms. The minimum Gasteiger partial charge on any atom is -0.211 e. The highest BCUT2D eigenvalue weighted by atomic mass is 32.2. The summed E-state index contributed by atoms with van der Waals surface area (Å²) in [5, 5.41) is 0. The van der Waals surface area contributed by atoms with Crippen molar-refractivity contribution in [3.05, 3.63) is 29.6 Å². The molecule has 0 atom stereocenters. The van der Waals surface area contributed by atoms with E-state index in [1.54, 1.807) is 23.9 Å². The van der Waals surface area contributed by atoms with Gasteiger partial charge in [-0.2, -0.15) is 4.99 Å². The Morgan fingerprint density at radius 3 is 2.71 bits per heavy atom. The molecule has 0 aromatic heterocycles. The SMILES string of the molecule is CSc1ccc(F)c(C2(N=C=O)CCCC2)c1. The lowest BCUT2D eigenvalue weighted by molar-refractivity contribution is 0.429. The quantitative estimate of drug-likeness (QED) is 0.466. The molecular formula is C13H14FNOS. The maximum absolute atomic E-state index is 13.9. The molecule has 1 fully saturated rings. The van der Waals surface area contributed by atoms with Crippen molar-refractivity contribution in [3.63, 3.8) is 0 Å². The summed E-state index contributed by atoms with van der Waals surface area (Å²) in [5.74, 6) is -0.274. The van der Waals surface area contributed by atoms with Gasteiger partial charge >= 0.3 is 0 Å². The Bertz CT molecular complexity index is 462. The average molecular weight is 251 g/mol. The first-order valence-corrected chi connectivity index (χ1v) is 6.87. The van der Waals surface area contributed by atoms with Gasteiger partial charge in [0.2, 0.25) is 6.08 Å². The van der Waals surface area contributed by atoms with Crippen LogP contribution in [0.2, 0.25) is 0 Å². The monoisotopic (exact) mass is 251 g/mol. The minimum absolute atomic E-state index is 0.274. The van der Waals surface area contributed by atoms with Crippen molar-refractivity contribution in [1.82, 2.24) is 0 Å². The van der Waals surface area contributed by atoms with Crippen LogP contribution >= 0.6 is 11.8 Å². The van der Waals surface area contributed by atoms with E-state index in [0.29, 0.717) is 5.56 Å². The summed E-state index contributed by atoms with van der Waals surface area (Å²) >= 11 is 1.56. The number of hydrogen-bond donors (Lipinski definition) is 0. The Labute approximate surface area is 104 Å². The maximum Gasteiger partial charge on any atom is 0.235 e. The standard InChI is InChI=1S/C13H14FNOS/c1-17-10-4-5-12(14)11(8-10)13(15-9-16)6-2-3-7-13/h4-5,8H,2-3,6-7H2,1H3. The van der Waals surface area contributed by atoms with Crippen molar-refractivity contribution in [3.8, 4) is 0 Å². The number of isocyanates is 1. The van der Waals surface area contributed by atoms with Crippen LogP contribution in [0.4, 0.5) is 4.39 Å². The van der Waals surface area contributed by atoms with Crippen LogP contribution in [-0.4, -0.2) is 12.3 Å². The zero-order chi connectivity index (χ0) is 12.3. The predicted octanol–water partition coefficient (Wildman–Crippen LogP) is 3.65. The molecule has 0 N–H and O–H groups in total. The van der Waals surface area contributed by atoms with E-state index >= 15 is 0 Å². The second kappa shape index (κ2) is 5.03. The number of aliphatic imine (C=N–C) groups is 1. The molecule has 0 heterocycles. The van der Waals surface area contributed by atoms with E-state index in [2.05, 4.69) is 4.99 Å². The summed E-state index contributed by atoms with van der Waals surface area (Å²) in [6.07, 6.45) is 6.99. The number of nitrogens with zero attached hydrogens (tertiary/aromatic N) is 1. The van der Waals surface area contributed by atoms with E-state index in [9.17, 15) is 9.18 Å². The summed E-state index contributed by atoms with van der Waals surface area (Å²) in [4.78, 5) is 15.5. The Morgan fingerprint density at radius 1 is 1.41 bits per heavy atom. The molecule has 4 heteroatoms. The molecule has 0 saturated heterocycles. The number of halogens is 1. The van der Waals surface area contributed by atoms with Crippen molar-refractivity contribution >= 4 is 17.8 Å². The zero-order valence-electron chi connectivity index (χ0n) is 9.70. The number of benzene rings is 1. The molecule has 0 bridgehead atoms. The molecule has 1 aromatic carbocycles. The van der Waals surface area contributed by atoms with E-state index in [0.717, 1.165) is 30.6 Å².